The third kappa shape index (κ3) is 16.5. The molecule has 0 saturated heterocycles. The number of benzene rings is 1. The van der Waals surface area contributed by atoms with Gasteiger partial charge in [0.05, 0.1) is 12.4 Å². The lowest BCUT2D eigenvalue weighted by Gasteiger charge is -2.08. The van der Waals surface area contributed by atoms with Crippen LogP contribution in [0.15, 0.2) is 12.1 Å². The Hall–Kier alpha value is -1.16. The normalized spacial score (nSPS) is 11.1. The predicted octanol–water partition coefficient (Wildman–Crippen LogP) is 9.09. The summed E-state index contributed by atoms with van der Waals surface area (Å²) < 4.78 is 5.37. The summed E-state index contributed by atoms with van der Waals surface area (Å²) in [5.41, 5.74) is 3.04. The summed E-state index contributed by atoms with van der Waals surface area (Å²) in [6.07, 6.45) is 22.5. The maximum absolute atomic E-state index is 11.9. The van der Waals surface area contributed by atoms with E-state index >= 15 is 0 Å². The zero-order chi connectivity index (χ0) is 24.9. The standard InChI is InChI=1S/C30H52O3S/c1-4-5-6-7-8-9-10-11-12-13-14-15-16-17-18-19-21-33-29(31)25-34-22-20-28-23-26(2)30(32)27(3)24-28/h23-24,32H,4-22,25H2,1-3H3. The lowest BCUT2D eigenvalue weighted by Crippen LogP contribution is -2.09. The average molecular weight is 493 g/mol. The molecule has 196 valence electrons. The van der Waals surface area contributed by atoms with Crippen molar-refractivity contribution in [1.82, 2.24) is 0 Å². The van der Waals surface area contributed by atoms with Crippen molar-refractivity contribution in [2.45, 2.75) is 130 Å². The zero-order valence-electron chi connectivity index (χ0n) is 22.5. The molecule has 1 aromatic carbocycles. The molecule has 0 aromatic heterocycles. The SMILES string of the molecule is CCCCCCCCCCCCCCCCCCOC(=O)CSCCc1cc(C)c(O)c(C)c1. The van der Waals surface area contributed by atoms with Crippen LogP contribution in [0, 0.1) is 13.8 Å². The molecule has 0 spiro atoms. The van der Waals surface area contributed by atoms with Crippen LogP contribution in [0.25, 0.3) is 0 Å². The molecule has 0 heterocycles. The number of hydrogen-bond acceptors (Lipinski definition) is 4. The summed E-state index contributed by atoms with van der Waals surface area (Å²) >= 11 is 1.62. The van der Waals surface area contributed by atoms with Crippen molar-refractivity contribution in [1.29, 1.82) is 0 Å². The quantitative estimate of drug-likeness (QED) is 0.129. The number of thioether (sulfide) groups is 1. The number of unbranched alkanes of at least 4 members (excludes halogenated alkanes) is 15. The summed E-state index contributed by atoms with van der Waals surface area (Å²) in [7, 11) is 0. The van der Waals surface area contributed by atoms with Gasteiger partial charge in [0, 0.05) is 0 Å². The molecule has 1 rings (SSSR count). The molecular weight excluding hydrogens is 440 g/mol. The zero-order valence-corrected chi connectivity index (χ0v) is 23.3. The van der Waals surface area contributed by atoms with E-state index in [1.807, 2.05) is 26.0 Å². The van der Waals surface area contributed by atoms with E-state index in [0.29, 0.717) is 18.1 Å². The van der Waals surface area contributed by atoms with Crippen LogP contribution in [0.5, 0.6) is 5.75 Å². The number of ether oxygens (including phenoxy) is 1. The first-order valence-electron chi connectivity index (χ1n) is 14.1. The number of phenolic OH excluding ortho intramolecular Hbond substituents is 1. The van der Waals surface area contributed by atoms with Gasteiger partial charge in [-0.05, 0) is 49.1 Å². The predicted molar refractivity (Wildman–Crippen MR) is 149 cm³/mol. The second kappa shape index (κ2) is 21.1. The van der Waals surface area contributed by atoms with Crippen LogP contribution in [0.3, 0.4) is 0 Å². The van der Waals surface area contributed by atoms with Crippen LogP contribution in [-0.2, 0) is 16.0 Å². The van der Waals surface area contributed by atoms with Crippen molar-refractivity contribution in [3.63, 3.8) is 0 Å². The van der Waals surface area contributed by atoms with Gasteiger partial charge in [0.15, 0.2) is 0 Å². The Bertz CT molecular complexity index is 621. The average Bonchev–Trinajstić information content (AvgIpc) is 2.82. The van der Waals surface area contributed by atoms with Crippen molar-refractivity contribution < 1.29 is 14.6 Å². The van der Waals surface area contributed by atoms with Crippen LogP contribution in [-0.4, -0.2) is 29.2 Å². The van der Waals surface area contributed by atoms with Crippen LogP contribution >= 0.6 is 11.8 Å². The number of carbonyl (C=O) groups excluding carboxylic acids is 1. The van der Waals surface area contributed by atoms with Gasteiger partial charge in [0.25, 0.3) is 0 Å². The van der Waals surface area contributed by atoms with Crippen molar-refractivity contribution in [3.05, 3.63) is 28.8 Å². The molecule has 3 nitrogen and oxygen atoms in total. The van der Waals surface area contributed by atoms with Crippen LogP contribution in [0.1, 0.15) is 126 Å². The molecule has 0 aliphatic heterocycles. The van der Waals surface area contributed by atoms with E-state index in [1.54, 1.807) is 11.8 Å². The highest BCUT2D eigenvalue weighted by atomic mass is 32.2. The van der Waals surface area contributed by atoms with E-state index in [1.165, 1.54) is 95.5 Å². The number of aromatic hydroxyl groups is 1. The smallest absolute Gasteiger partial charge is 0.315 e. The number of carbonyl (C=O) groups is 1. The monoisotopic (exact) mass is 492 g/mol. The molecule has 4 heteroatoms. The highest BCUT2D eigenvalue weighted by Crippen LogP contribution is 2.23. The van der Waals surface area contributed by atoms with Crippen LogP contribution in [0.2, 0.25) is 0 Å². The first-order valence-corrected chi connectivity index (χ1v) is 15.2. The molecule has 0 atom stereocenters. The van der Waals surface area contributed by atoms with Gasteiger partial charge in [0.1, 0.15) is 5.75 Å². The lowest BCUT2D eigenvalue weighted by molar-refractivity contribution is -0.140. The largest absolute Gasteiger partial charge is 0.507 e. The summed E-state index contributed by atoms with van der Waals surface area (Å²) in [6.45, 7) is 6.70. The molecule has 34 heavy (non-hydrogen) atoms. The molecule has 0 bridgehead atoms. The summed E-state index contributed by atoms with van der Waals surface area (Å²) in [6, 6.07) is 4.05. The minimum Gasteiger partial charge on any atom is -0.507 e. The fourth-order valence-corrected chi connectivity index (χ4v) is 5.19. The fraction of sp³-hybridized carbons (Fsp3) is 0.767. The highest BCUT2D eigenvalue weighted by Gasteiger charge is 2.06. The van der Waals surface area contributed by atoms with Gasteiger partial charge < -0.3 is 9.84 Å². The molecule has 0 aliphatic rings. The Morgan fingerprint density at radius 2 is 1.21 bits per heavy atom. The molecule has 0 fully saturated rings. The van der Waals surface area contributed by atoms with Gasteiger partial charge in [-0.1, -0.05) is 115 Å². The van der Waals surface area contributed by atoms with E-state index in [2.05, 4.69) is 6.92 Å². The molecule has 1 N–H and O–H groups in total. The Kier molecular flexibility index (Phi) is 19.2. The Labute approximate surface area is 214 Å². The van der Waals surface area contributed by atoms with Crippen molar-refractivity contribution in [2.24, 2.45) is 0 Å². The first kappa shape index (κ1) is 30.9. The number of aryl methyl sites for hydroxylation is 3. The van der Waals surface area contributed by atoms with Crippen molar-refractivity contribution in [2.75, 3.05) is 18.1 Å². The minimum absolute atomic E-state index is 0.0935. The van der Waals surface area contributed by atoms with Gasteiger partial charge in [-0.25, -0.2) is 0 Å². The Morgan fingerprint density at radius 1 is 0.765 bits per heavy atom. The van der Waals surface area contributed by atoms with E-state index < -0.39 is 0 Å². The third-order valence-electron chi connectivity index (χ3n) is 6.57. The molecular formula is C30H52O3S. The van der Waals surface area contributed by atoms with Gasteiger partial charge in [0.2, 0.25) is 0 Å². The molecule has 0 saturated carbocycles. The number of rotatable bonds is 22. The number of hydrogen-bond donors (Lipinski definition) is 1. The van der Waals surface area contributed by atoms with E-state index in [9.17, 15) is 9.90 Å². The van der Waals surface area contributed by atoms with Gasteiger partial charge >= 0.3 is 5.97 Å². The lowest BCUT2D eigenvalue weighted by atomic mass is 10.0. The van der Waals surface area contributed by atoms with Crippen LogP contribution < -0.4 is 0 Å². The van der Waals surface area contributed by atoms with E-state index in [0.717, 1.165) is 36.1 Å². The first-order chi connectivity index (χ1) is 16.5. The number of esters is 1. The van der Waals surface area contributed by atoms with E-state index in [4.69, 9.17) is 4.74 Å². The minimum atomic E-state index is -0.0935. The molecule has 1 aromatic rings. The summed E-state index contributed by atoms with van der Waals surface area (Å²) in [5.74, 6) is 1.60. The molecule has 0 unspecified atom stereocenters. The van der Waals surface area contributed by atoms with Crippen molar-refractivity contribution >= 4 is 17.7 Å². The highest BCUT2D eigenvalue weighted by molar-refractivity contribution is 7.99. The van der Waals surface area contributed by atoms with Crippen LogP contribution in [0.4, 0.5) is 0 Å². The summed E-state index contributed by atoms with van der Waals surface area (Å²) in [4.78, 5) is 11.9. The maximum atomic E-state index is 11.9. The number of phenols is 1. The van der Waals surface area contributed by atoms with Crippen molar-refractivity contribution in [3.8, 4) is 5.75 Å². The third-order valence-corrected chi connectivity index (χ3v) is 7.50. The second-order valence-corrected chi connectivity index (χ2v) is 11.0. The molecule has 0 amide bonds. The van der Waals surface area contributed by atoms with Gasteiger partial charge in [-0.3, -0.25) is 4.79 Å². The maximum Gasteiger partial charge on any atom is 0.315 e. The molecule has 0 radical (unpaired) electrons. The van der Waals surface area contributed by atoms with Gasteiger partial charge in [-0.15, -0.1) is 11.8 Å². The fourth-order valence-electron chi connectivity index (χ4n) is 4.41. The Morgan fingerprint density at radius 3 is 1.68 bits per heavy atom. The van der Waals surface area contributed by atoms with E-state index in [-0.39, 0.29) is 5.97 Å². The topological polar surface area (TPSA) is 46.5 Å². The van der Waals surface area contributed by atoms with Gasteiger partial charge in [-0.2, -0.15) is 0 Å². The second-order valence-electron chi connectivity index (χ2n) is 9.90. The Balaban J connectivity index is 1.82. The summed E-state index contributed by atoms with van der Waals surface area (Å²) in [5, 5.41) is 9.85. The molecule has 0 aliphatic carbocycles.